The summed E-state index contributed by atoms with van der Waals surface area (Å²) in [7, 11) is 3.00. The van der Waals surface area contributed by atoms with Gasteiger partial charge in [-0.1, -0.05) is 28.9 Å². The van der Waals surface area contributed by atoms with Crippen LogP contribution in [0.2, 0.25) is 0 Å². The Bertz CT molecular complexity index is 83.1. The summed E-state index contributed by atoms with van der Waals surface area (Å²) in [6, 6.07) is 0. The molecule has 0 rings (SSSR count). The largest absolute Gasteiger partial charge is 0.478 e. The van der Waals surface area contributed by atoms with E-state index in [-0.39, 0.29) is 0 Å². The fourth-order valence-electron chi connectivity index (χ4n) is 0.508. The predicted molar refractivity (Wildman–Crippen MR) is 47.8 cm³/mol. The van der Waals surface area contributed by atoms with Crippen LogP contribution in [0.5, 0.6) is 0 Å². The Labute approximate surface area is 61.2 Å². The third-order valence-corrected chi connectivity index (χ3v) is 1.77. The van der Waals surface area contributed by atoms with Crippen molar-refractivity contribution < 1.29 is 4.52 Å². The maximum Gasteiger partial charge on any atom is 0.0929 e. The molecule has 0 bridgehead atoms. The second kappa shape index (κ2) is 6.52. The van der Waals surface area contributed by atoms with Crippen LogP contribution < -0.4 is 0 Å². The van der Waals surface area contributed by atoms with Gasteiger partial charge in [0.1, 0.15) is 0 Å². The lowest BCUT2D eigenvalue weighted by molar-refractivity contribution is 0.460. The van der Waals surface area contributed by atoms with Crippen LogP contribution in [0.25, 0.3) is 0 Å². The molecule has 0 aromatic carbocycles. The number of rotatable bonds is 5. The molecule has 54 valence electrons. The summed E-state index contributed by atoms with van der Waals surface area (Å²) in [6.45, 7) is 5.92. The first kappa shape index (κ1) is 9.40. The molecule has 0 saturated carbocycles. The Morgan fingerprint density at radius 3 is 2.89 bits per heavy atom. The highest BCUT2D eigenvalue weighted by atomic mass is 32.0. The first-order valence-electron chi connectivity index (χ1n) is 3.11. The van der Waals surface area contributed by atoms with Gasteiger partial charge in [-0.2, -0.15) is 0 Å². The summed E-state index contributed by atoms with van der Waals surface area (Å²) >= 11 is 0. The molecule has 0 aromatic heterocycles. The van der Waals surface area contributed by atoms with Crippen LogP contribution in [0.15, 0.2) is 12.3 Å². The molecule has 0 aromatic rings. The fraction of sp³-hybridized carbons (Fsp3) is 0.667. The molecule has 2 atom stereocenters. The summed E-state index contributed by atoms with van der Waals surface area (Å²) in [5.74, 6) is 0.921. The van der Waals surface area contributed by atoms with Crippen molar-refractivity contribution in [2.45, 2.75) is 26.2 Å². The zero-order valence-corrected chi connectivity index (χ0v) is 7.97. The van der Waals surface area contributed by atoms with Gasteiger partial charge < -0.3 is 4.52 Å². The lowest BCUT2D eigenvalue weighted by Crippen LogP contribution is -1.78. The lowest BCUT2D eigenvalue weighted by Gasteiger charge is -2.03. The van der Waals surface area contributed by atoms with E-state index in [1.54, 1.807) is 0 Å². The molecule has 0 aliphatic heterocycles. The van der Waals surface area contributed by atoms with Gasteiger partial charge in [-0.05, 0) is 6.42 Å². The van der Waals surface area contributed by atoms with Crippen molar-refractivity contribution >= 4 is 17.4 Å². The first-order chi connectivity index (χ1) is 4.31. The van der Waals surface area contributed by atoms with E-state index in [1.165, 1.54) is 12.8 Å². The molecule has 0 amide bonds. The van der Waals surface area contributed by atoms with Crippen molar-refractivity contribution in [3.63, 3.8) is 0 Å². The van der Waals surface area contributed by atoms with Crippen LogP contribution in [-0.2, 0) is 4.52 Å². The quantitative estimate of drug-likeness (QED) is 0.448. The minimum Gasteiger partial charge on any atom is -0.478 e. The molecule has 0 aliphatic rings. The summed E-state index contributed by atoms with van der Waals surface area (Å²) < 4.78 is 5.14. The number of unbranched alkanes of at least 4 members (excludes halogenated alkanes) is 1. The van der Waals surface area contributed by atoms with Gasteiger partial charge in [0.05, 0.1) is 14.3 Å². The smallest absolute Gasteiger partial charge is 0.0929 e. The van der Waals surface area contributed by atoms with E-state index < -0.39 is 0 Å². The SMILES string of the molecule is C=C(CCCC)OPP. The van der Waals surface area contributed by atoms with Crippen LogP contribution in [0.4, 0.5) is 0 Å². The van der Waals surface area contributed by atoms with Crippen molar-refractivity contribution in [3.05, 3.63) is 12.3 Å². The molecule has 9 heavy (non-hydrogen) atoms. The van der Waals surface area contributed by atoms with E-state index in [1.807, 2.05) is 0 Å². The molecule has 3 heteroatoms. The topological polar surface area (TPSA) is 9.23 Å². The average Bonchev–Trinajstić information content (AvgIpc) is 1.85. The second-order valence-corrected chi connectivity index (χ2v) is 3.01. The van der Waals surface area contributed by atoms with E-state index in [2.05, 4.69) is 22.4 Å². The summed E-state index contributed by atoms with van der Waals surface area (Å²) in [4.78, 5) is 0. The van der Waals surface area contributed by atoms with Crippen molar-refractivity contribution in [2.24, 2.45) is 0 Å². The third-order valence-electron chi connectivity index (χ3n) is 1.01. The highest BCUT2D eigenvalue weighted by Gasteiger charge is 1.90. The molecular formula is C6H14OP2. The van der Waals surface area contributed by atoms with Gasteiger partial charge in [0.25, 0.3) is 0 Å². The van der Waals surface area contributed by atoms with Gasteiger partial charge in [0, 0.05) is 6.42 Å². The Morgan fingerprint density at radius 1 is 1.78 bits per heavy atom. The van der Waals surface area contributed by atoms with Crippen LogP contribution >= 0.6 is 17.4 Å². The molecular weight excluding hydrogens is 150 g/mol. The van der Waals surface area contributed by atoms with E-state index in [4.69, 9.17) is 4.52 Å². The third kappa shape index (κ3) is 6.28. The zero-order chi connectivity index (χ0) is 7.11. The van der Waals surface area contributed by atoms with Crippen molar-refractivity contribution in [1.82, 2.24) is 0 Å². The van der Waals surface area contributed by atoms with Crippen LogP contribution in [0, 0.1) is 0 Å². The lowest BCUT2D eigenvalue weighted by atomic mass is 10.2. The second-order valence-electron chi connectivity index (χ2n) is 1.86. The highest BCUT2D eigenvalue weighted by Crippen LogP contribution is 2.26. The van der Waals surface area contributed by atoms with Crippen molar-refractivity contribution in [2.75, 3.05) is 0 Å². The molecule has 0 saturated heterocycles. The predicted octanol–water partition coefficient (Wildman–Crippen LogP) is 3.09. The van der Waals surface area contributed by atoms with Crippen LogP contribution in [0.1, 0.15) is 26.2 Å². The molecule has 0 heterocycles. The standard InChI is InChI=1S/C6H14OP2/c1-3-4-5-6(2)7-9-8/h9H,2-5,8H2,1H3. The molecule has 1 nitrogen and oxygen atoms in total. The molecule has 0 N–H and O–H groups in total. The number of allylic oxidation sites excluding steroid dienone is 1. The van der Waals surface area contributed by atoms with Crippen molar-refractivity contribution in [1.29, 1.82) is 0 Å². The number of hydrogen-bond donors (Lipinski definition) is 0. The van der Waals surface area contributed by atoms with Gasteiger partial charge in [-0.3, -0.25) is 0 Å². The summed E-state index contributed by atoms with van der Waals surface area (Å²) in [5, 5.41) is 0. The van der Waals surface area contributed by atoms with Gasteiger partial charge in [0.2, 0.25) is 0 Å². The van der Waals surface area contributed by atoms with E-state index >= 15 is 0 Å². The Kier molecular flexibility index (Phi) is 6.81. The normalized spacial score (nSPS) is 10.4. The van der Waals surface area contributed by atoms with Crippen LogP contribution in [-0.4, -0.2) is 0 Å². The molecule has 0 fully saturated rings. The van der Waals surface area contributed by atoms with E-state index in [0.29, 0.717) is 8.50 Å². The van der Waals surface area contributed by atoms with Gasteiger partial charge in [0.15, 0.2) is 0 Å². The Hall–Kier alpha value is 0.400. The number of hydrogen-bond acceptors (Lipinski definition) is 1. The maximum atomic E-state index is 5.14. The minimum absolute atomic E-state index is 0.466. The fourth-order valence-corrected chi connectivity index (χ4v) is 1.28. The van der Waals surface area contributed by atoms with E-state index in [0.717, 1.165) is 12.2 Å². The van der Waals surface area contributed by atoms with E-state index in [9.17, 15) is 0 Å². The summed E-state index contributed by atoms with van der Waals surface area (Å²) in [5.41, 5.74) is 0. The average molecular weight is 164 g/mol. The zero-order valence-electron chi connectivity index (χ0n) is 5.81. The van der Waals surface area contributed by atoms with Crippen LogP contribution in [0.3, 0.4) is 0 Å². The Balaban J connectivity index is 3.06. The van der Waals surface area contributed by atoms with Gasteiger partial charge >= 0.3 is 0 Å². The molecule has 0 radical (unpaired) electrons. The Morgan fingerprint density at radius 2 is 2.44 bits per heavy atom. The maximum absolute atomic E-state index is 5.14. The molecule has 0 aliphatic carbocycles. The monoisotopic (exact) mass is 164 g/mol. The van der Waals surface area contributed by atoms with Gasteiger partial charge in [-0.15, -0.1) is 0 Å². The highest BCUT2D eigenvalue weighted by molar-refractivity contribution is 8.00. The van der Waals surface area contributed by atoms with Crippen molar-refractivity contribution in [3.8, 4) is 0 Å². The van der Waals surface area contributed by atoms with Gasteiger partial charge in [-0.25, -0.2) is 0 Å². The molecule has 0 spiro atoms. The summed E-state index contributed by atoms with van der Waals surface area (Å²) in [6.07, 6.45) is 3.41. The first-order valence-corrected chi connectivity index (χ1v) is 5.83. The molecule has 2 unspecified atom stereocenters. The minimum atomic E-state index is 0.466.